The maximum absolute atomic E-state index is 12.5. The average molecular weight is 399 g/mol. The van der Waals surface area contributed by atoms with Crippen molar-refractivity contribution in [2.75, 3.05) is 19.0 Å². The van der Waals surface area contributed by atoms with Gasteiger partial charge in [-0.15, -0.1) is 0 Å². The summed E-state index contributed by atoms with van der Waals surface area (Å²) in [5.74, 6) is 0.0734. The lowest BCUT2D eigenvalue weighted by Crippen LogP contribution is -2.30. The Morgan fingerprint density at radius 3 is 2.31 bits per heavy atom. The number of hydrogen-bond acceptors (Lipinski definition) is 5. The monoisotopic (exact) mass is 399 g/mol. The van der Waals surface area contributed by atoms with Gasteiger partial charge < -0.3 is 19.5 Å². The number of nitrogens with one attached hydrogen (secondary N) is 1. The van der Waals surface area contributed by atoms with Crippen molar-refractivity contribution in [3.05, 3.63) is 59.2 Å². The molecule has 6 heteroatoms. The molecule has 1 N–H and O–H groups in total. The van der Waals surface area contributed by atoms with Gasteiger partial charge in [-0.05, 0) is 55.7 Å². The number of rotatable bonds is 9. The topological polar surface area (TPSA) is 73.9 Å². The number of carbonyl (C=O) groups excluding carboxylic acids is 2. The summed E-state index contributed by atoms with van der Waals surface area (Å²) >= 11 is 0. The number of esters is 1. The van der Waals surface area contributed by atoms with Crippen LogP contribution in [0.1, 0.15) is 55.1 Å². The van der Waals surface area contributed by atoms with E-state index in [4.69, 9.17) is 14.2 Å². The van der Waals surface area contributed by atoms with Crippen molar-refractivity contribution < 1.29 is 23.8 Å². The molecule has 0 unspecified atom stereocenters. The Labute approximate surface area is 172 Å². The predicted molar refractivity (Wildman–Crippen MR) is 112 cm³/mol. The molecule has 6 nitrogen and oxygen atoms in total. The van der Waals surface area contributed by atoms with Gasteiger partial charge in [0.25, 0.3) is 5.91 Å². The average Bonchev–Trinajstić information content (AvgIpc) is 2.72. The fraction of sp³-hybridized carbons (Fsp3) is 0.391. The van der Waals surface area contributed by atoms with Crippen LogP contribution in [0.25, 0.3) is 0 Å². The van der Waals surface area contributed by atoms with Crippen LogP contribution in [0.15, 0.2) is 42.5 Å². The molecule has 0 aliphatic carbocycles. The van der Waals surface area contributed by atoms with Crippen LogP contribution in [0, 0.1) is 0 Å². The molecule has 2 aromatic rings. The van der Waals surface area contributed by atoms with Crippen LogP contribution >= 0.6 is 0 Å². The maximum atomic E-state index is 12.5. The van der Waals surface area contributed by atoms with Crippen molar-refractivity contribution in [2.24, 2.45) is 0 Å². The van der Waals surface area contributed by atoms with Crippen molar-refractivity contribution in [1.82, 2.24) is 0 Å². The van der Waals surface area contributed by atoms with E-state index in [-0.39, 0.29) is 0 Å². The van der Waals surface area contributed by atoms with Crippen LogP contribution in [-0.4, -0.2) is 31.7 Å². The van der Waals surface area contributed by atoms with Crippen LogP contribution in [-0.2, 0) is 20.9 Å². The van der Waals surface area contributed by atoms with Crippen molar-refractivity contribution in [3.63, 3.8) is 0 Å². The van der Waals surface area contributed by atoms with Crippen LogP contribution in [0.3, 0.4) is 0 Å². The minimum Gasteiger partial charge on any atom is -0.496 e. The molecular formula is C23H29NO5. The third kappa shape index (κ3) is 6.32. The first-order valence-corrected chi connectivity index (χ1v) is 9.72. The maximum Gasteiger partial charge on any atom is 0.338 e. The summed E-state index contributed by atoms with van der Waals surface area (Å²) in [7, 11) is 1.56. The zero-order chi connectivity index (χ0) is 21.4. The molecule has 0 aliphatic heterocycles. The molecule has 0 saturated carbocycles. The number of methoxy groups -OCH3 is 1. The van der Waals surface area contributed by atoms with E-state index in [1.807, 2.05) is 31.2 Å². The fourth-order valence-electron chi connectivity index (χ4n) is 2.71. The molecule has 0 bridgehead atoms. The van der Waals surface area contributed by atoms with Crippen LogP contribution < -0.4 is 10.1 Å². The first-order valence-electron chi connectivity index (χ1n) is 9.72. The van der Waals surface area contributed by atoms with Crippen LogP contribution in [0.4, 0.5) is 5.69 Å². The quantitative estimate of drug-likeness (QED) is 0.627. The van der Waals surface area contributed by atoms with Gasteiger partial charge in [0.15, 0.2) is 6.10 Å². The van der Waals surface area contributed by atoms with Crippen LogP contribution in [0.5, 0.6) is 5.75 Å². The number of anilines is 1. The van der Waals surface area contributed by atoms with Gasteiger partial charge in [-0.1, -0.05) is 26.0 Å². The van der Waals surface area contributed by atoms with Gasteiger partial charge in [0.1, 0.15) is 5.75 Å². The summed E-state index contributed by atoms with van der Waals surface area (Å²) in [6.07, 6.45) is -0.940. The fourth-order valence-corrected chi connectivity index (χ4v) is 2.71. The first-order chi connectivity index (χ1) is 13.8. The van der Waals surface area contributed by atoms with Gasteiger partial charge in [0.2, 0.25) is 0 Å². The van der Waals surface area contributed by atoms with Gasteiger partial charge in [-0.2, -0.15) is 0 Å². The van der Waals surface area contributed by atoms with Gasteiger partial charge >= 0.3 is 5.97 Å². The Kier molecular flexibility index (Phi) is 8.21. The number of hydrogen-bond donors (Lipinski definition) is 1. The van der Waals surface area contributed by atoms with E-state index in [9.17, 15) is 9.59 Å². The van der Waals surface area contributed by atoms with Crippen molar-refractivity contribution >= 4 is 17.6 Å². The van der Waals surface area contributed by atoms with E-state index in [1.165, 1.54) is 5.56 Å². The lowest BCUT2D eigenvalue weighted by molar-refractivity contribution is -0.123. The van der Waals surface area contributed by atoms with Crippen LogP contribution in [0.2, 0.25) is 0 Å². The molecule has 0 saturated heterocycles. The molecule has 0 fully saturated rings. The molecule has 0 aromatic heterocycles. The molecule has 0 heterocycles. The number of ether oxygens (including phenoxy) is 3. The standard InChI is InChI=1S/C23H29NO5/c1-6-28-14-19-13-18(9-12-21(19)27-5)23(26)29-16(4)22(25)24-20-10-7-17(8-11-20)15(2)3/h7-13,15-16H,6,14H2,1-5H3,(H,24,25)/t16-/m1/s1. The Bertz CT molecular complexity index is 830. The van der Waals surface area contributed by atoms with E-state index in [1.54, 1.807) is 32.2 Å². The zero-order valence-electron chi connectivity index (χ0n) is 17.7. The molecule has 2 aromatic carbocycles. The van der Waals surface area contributed by atoms with E-state index >= 15 is 0 Å². The smallest absolute Gasteiger partial charge is 0.338 e. The summed E-state index contributed by atoms with van der Waals surface area (Å²) < 4.78 is 16.0. The van der Waals surface area contributed by atoms with Crippen molar-refractivity contribution in [2.45, 2.75) is 46.3 Å². The Hall–Kier alpha value is -2.86. The third-order valence-corrected chi connectivity index (χ3v) is 4.48. The summed E-state index contributed by atoms with van der Waals surface area (Å²) in [6.45, 7) is 8.51. The number of amides is 1. The van der Waals surface area contributed by atoms with E-state index in [0.717, 1.165) is 5.56 Å². The zero-order valence-corrected chi connectivity index (χ0v) is 17.7. The Morgan fingerprint density at radius 1 is 1.03 bits per heavy atom. The number of carbonyl (C=O) groups is 2. The minimum atomic E-state index is -0.940. The van der Waals surface area contributed by atoms with Gasteiger partial charge in [0.05, 0.1) is 19.3 Å². The third-order valence-electron chi connectivity index (χ3n) is 4.48. The minimum absolute atomic E-state index is 0.323. The van der Waals surface area contributed by atoms with E-state index in [2.05, 4.69) is 19.2 Å². The summed E-state index contributed by atoms with van der Waals surface area (Å²) in [5.41, 5.74) is 2.92. The van der Waals surface area contributed by atoms with Gasteiger partial charge in [-0.3, -0.25) is 4.79 Å². The molecule has 1 amide bonds. The highest BCUT2D eigenvalue weighted by Gasteiger charge is 2.20. The Balaban J connectivity index is 2.01. The lowest BCUT2D eigenvalue weighted by atomic mass is 10.0. The molecule has 0 aliphatic rings. The molecule has 1 atom stereocenters. The SMILES string of the molecule is CCOCc1cc(C(=O)O[C@H](C)C(=O)Nc2ccc(C(C)C)cc2)ccc1OC. The number of benzene rings is 2. The summed E-state index contributed by atoms with van der Waals surface area (Å²) in [6, 6.07) is 12.6. The van der Waals surface area contributed by atoms with Crippen molar-refractivity contribution in [3.8, 4) is 5.75 Å². The second-order valence-corrected chi connectivity index (χ2v) is 6.98. The lowest BCUT2D eigenvalue weighted by Gasteiger charge is -2.15. The molecule has 2 rings (SSSR count). The summed E-state index contributed by atoms with van der Waals surface area (Å²) in [5, 5.41) is 2.77. The highest BCUT2D eigenvalue weighted by molar-refractivity contribution is 5.97. The van der Waals surface area contributed by atoms with Gasteiger partial charge in [0, 0.05) is 17.9 Å². The molecule has 156 valence electrons. The second-order valence-electron chi connectivity index (χ2n) is 6.98. The molecule has 29 heavy (non-hydrogen) atoms. The molecule has 0 radical (unpaired) electrons. The molecular weight excluding hydrogens is 370 g/mol. The normalized spacial score (nSPS) is 11.8. The second kappa shape index (κ2) is 10.6. The summed E-state index contributed by atoms with van der Waals surface area (Å²) in [4.78, 5) is 24.9. The van der Waals surface area contributed by atoms with E-state index in [0.29, 0.717) is 36.1 Å². The van der Waals surface area contributed by atoms with Crippen molar-refractivity contribution in [1.29, 1.82) is 0 Å². The highest BCUT2D eigenvalue weighted by atomic mass is 16.5. The largest absolute Gasteiger partial charge is 0.496 e. The van der Waals surface area contributed by atoms with Gasteiger partial charge in [-0.25, -0.2) is 4.79 Å². The van der Waals surface area contributed by atoms with E-state index < -0.39 is 18.0 Å². The first kappa shape index (κ1) is 22.4. The predicted octanol–water partition coefficient (Wildman–Crippen LogP) is 4.54. The highest BCUT2D eigenvalue weighted by Crippen LogP contribution is 2.22. The molecule has 0 spiro atoms. The Morgan fingerprint density at radius 2 is 1.72 bits per heavy atom.